The van der Waals surface area contributed by atoms with Gasteiger partial charge in [0.15, 0.2) is 6.04 Å². The van der Waals surface area contributed by atoms with Crippen molar-refractivity contribution in [2.24, 2.45) is 0 Å². The van der Waals surface area contributed by atoms with E-state index in [-0.39, 0.29) is 12.5 Å². The Bertz CT molecular complexity index is 873. The van der Waals surface area contributed by atoms with Crippen LogP contribution in [0.15, 0.2) is 48.5 Å². The van der Waals surface area contributed by atoms with Crippen LogP contribution in [0.1, 0.15) is 49.1 Å². The van der Waals surface area contributed by atoms with Gasteiger partial charge in [0, 0.05) is 5.92 Å². The Balaban J connectivity index is 1.46. The van der Waals surface area contributed by atoms with E-state index in [9.17, 15) is 19.8 Å². The first-order chi connectivity index (χ1) is 14.0. The van der Waals surface area contributed by atoms with Crippen LogP contribution >= 0.6 is 0 Å². The lowest BCUT2D eigenvalue weighted by Gasteiger charge is -2.36. The zero-order chi connectivity index (χ0) is 20.4. The SMILES string of the molecule is O=C(NC(C(=O)O)C1(O)CCCCC1)OCC1c2ccccc2-c2ccccc21. The molecule has 2 aromatic carbocycles. The van der Waals surface area contributed by atoms with Crippen LogP contribution in [0, 0.1) is 0 Å². The average Bonchev–Trinajstić information content (AvgIpc) is 3.04. The third kappa shape index (κ3) is 3.72. The second-order valence-corrected chi connectivity index (χ2v) is 7.91. The molecule has 0 saturated heterocycles. The van der Waals surface area contributed by atoms with E-state index in [0.717, 1.165) is 41.5 Å². The van der Waals surface area contributed by atoms with Gasteiger partial charge in [-0.25, -0.2) is 9.59 Å². The summed E-state index contributed by atoms with van der Waals surface area (Å²) < 4.78 is 5.43. The standard InChI is InChI=1S/C23H25NO5/c25-21(26)20(23(28)12-6-1-7-13-23)24-22(27)29-14-19-17-10-4-2-8-15(17)16-9-3-5-11-18(16)19/h2-5,8-11,19-20,28H,1,6-7,12-14H2,(H,24,27)(H,25,26). The summed E-state index contributed by atoms with van der Waals surface area (Å²) in [5.74, 6) is -1.35. The molecule has 1 fully saturated rings. The van der Waals surface area contributed by atoms with Gasteiger partial charge in [0.25, 0.3) is 0 Å². The highest BCUT2D eigenvalue weighted by Gasteiger charge is 2.43. The van der Waals surface area contributed by atoms with Crippen LogP contribution in [0.5, 0.6) is 0 Å². The molecule has 1 saturated carbocycles. The van der Waals surface area contributed by atoms with Crippen molar-refractivity contribution in [3.05, 3.63) is 59.7 Å². The van der Waals surface area contributed by atoms with E-state index in [2.05, 4.69) is 5.32 Å². The van der Waals surface area contributed by atoms with Crippen LogP contribution < -0.4 is 5.32 Å². The summed E-state index contributed by atoms with van der Waals surface area (Å²) in [4.78, 5) is 24.1. The fourth-order valence-corrected chi connectivity index (χ4v) is 4.64. The zero-order valence-electron chi connectivity index (χ0n) is 16.1. The number of aliphatic carboxylic acids is 1. The Morgan fingerprint density at radius 3 is 2.10 bits per heavy atom. The summed E-state index contributed by atoms with van der Waals surface area (Å²) in [6.07, 6.45) is 2.33. The van der Waals surface area contributed by atoms with Crippen LogP contribution in [-0.4, -0.2) is 40.5 Å². The van der Waals surface area contributed by atoms with Gasteiger partial charge in [0.2, 0.25) is 0 Å². The minimum absolute atomic E-state index is 0.102. The molecule has 2 aliphatic rings. The Morgan fingerprint density at radius 1 is 1.00 bits per heavy atom. The predicted octanol–water partition coefficient (Wildman–Crippen LogP) is 3.67. The van der Waals surface area contributed by atoms with Gasteiger partial charge < -0.3 is 20.3 Å². The van der Waals surface area contributed by atoms with Crippen molar-refractivity contribution < 1.29 is 24.5 Å². The minimum atomic E-state index is -1.43. The van der Waals surface area contributed by atoms with Crippen molar-refractivity contribution in [2.45, 2.75) is 49.7 Å². The Hall–Kier alpha value is -2.86. The number of carbonyl (C=O) groups excluding carboxylic acids is 1. The van der Waals surface area contributed by atoms with Crippen molar-refractivity contribution in [1.82, 2.24) is 5.32 Å². The molecule has 6 heteroatoms. The van der Waals surface area contributed by atoms with E-state index in [0.29, 0.717) is 12.8 Å². The number of benzene rings is 2. The highest BCUT2D eigenvalue weighted by Crippen LogP contribution is 2.44. The van der Waals surface area contributed by atoms with Crippen molar-refractivity contribution in [2.75, 3.05) is 6.61 Å². The minimum Gasteiger partial charge on any atom is -0.480 e. The number of nitrogens with one attached hydrogen (secondary N) is 1. The molecule has 152 valence electrons. The molecule has 3 N–H and O–H groups in total. The number of carboxylic acids is 1. The highest BCUT2D eigenvalue weighted by atomic mass is 16.5. The average molecular weight is 395 g/mol. The zero-order valence-corrected chi connectivity index (χ0v) is 16.1. The summed E-state index contributed by atoms with van der Waals surface area (Å²) in [7, 11) is 0. The fraction of sp³-hybridized carbons (Fsp3) is 0.391. The van der Waals surface area contributed by atoms with Crippen LogP contribution in [0.25, 0.3) is 11.1 Å². The smallest absolute Gasteiger partial charge is 0.407 e. The van der Waals surface area contributed by atoms with Crippen LogP contribution in [0.4, 0.5) is 4.79 Å². The lowest BCUT2D eigenvalue weighted by Crippen LogP contribution is -2.58. The molecule has 0 bridgehead atoms. The number of amides is 1. The molecule has 0 spiro atoms. The maximum absolute atomic E-state index is 12.4. The second-order valence-electron chi connectivity index (χ2n) is 7.91. The topological polar surface area (TPSA) is 95.9 Å². The first-order valence-electron chi connectivity index (χ1n) is 10.1. The first kappa shape index (κ1) is 19.5. The lowest BCUT2D eigenvalue weighted by atomic mass is 9.79. The van der Waals surface area contributed by atoms with Gasteiger partial charge in [-0.15, -0.1) is 0 Å². The molecular weight excluding hydrogens is 370 g/mol. The van der Waals surface area contributed by atoms with E-state index in [1.807, 2.05) is 48.5 Å². The van der Waals surface area contributed by atoms with E-state index in [1.165, 1.54) is 0 Å². The van der Waals surface area contributed by atoms with Crippen LogP contribution in [0.3, 0.4) is 0 Å². The number of carboxylic acid groups (broad SMARTS) is 1. The predicted molar refractivity (Wildman–Crippen MR) is 108 cm³/mol. The molecule has 1 unspecified atom stereocenters. The van der Waals surface area contributed by atoms with Gasteiger partial charge in [0.1, 0.15) is 6.61 Å². The third-order valence-electron chi connectivity index (χ3n) is 6.11. The normalized spacial score (nSPS) is 18.4. The summed E-state index contributed by atoms with van der Waals surface area (Å²) in [5, 5.41) is 22.7. The number of carbonyl (C=O) groups is 2. The Labute approximate surface area is 169 Å². The van der Waals surface area contributed by atoms with Crippen molar-refractivity contribution in [3.63, 3.8) is 0 Å². The fourth-order valence-electron chi connectivity index (χ4n) is 4.64. The number of alkyl carbamates (subject to hydrolysis) is 1. The van der Waals surface area contributed by atoms with Gasteiger partial charge in [-0.2, -0.15) is 0 Å². The molecule has 1 atom stereocenters. The summed E-state index contributed by atoms with van der Waals surface area (Å²) >= 11 is 0. The van der Waals surface area contributed by atoms with Crippen molar-refractivity contribution in [1.29, 1.82) is 0 Å². The maximum atomic E-state index is 12.4. The van der Waals surface area contributed by atoms with Gasteiger partial charge >= 0.3 is 12.1 Å². The van der Waals surface area contributed by atoms with E-state index in [1.54, 1.807) is 0 Å². The summed E-state index contributed by atoms with van der Waals surface area (Å²) in [6, 6.07) is 14.6. The number of hydrogen-bond acceptors (Lipinski definition) is 4. The lowest BCUT2D eigenvalue weighted by molar-refractivity contribution is -0.149. The number of aliphatic hydroxyl groups is 1. The number of ether oxygens (including phenoxy) is 1. The number of fused-ring (bicyclic) bond motifs is 3. The van der Waals surface area contributed by atoms with Gasteiger partial charge in [-0.05, 0) is 35.1 Å². The van der Waals surface area contributed by atoms with Crippen LogP contribution in [-0.2, 0) is 9.53 Å². The largest absolute Gasteiger partial charge is 0.480 e. The van der Waals surface area contributed by atoms with Crippen molar-refractivity contribution >= 4 is 12.1 Å². The quantitative estimate of drug-likeness (QED) is 0.718. The molecule has 0 heterocycles. The van der Waals surface area contributed by atoms with Gasteiger partial charge in [0.05, 0.1) is 5.60 Å². The highest BCUT2D eigenvalue weighted by molar-refractivity contribution is 5.82. The second kappa shape index (κ2) is 7.87. The van der Waals surface area contributed by atoms with Crippen LogP contribution in [0.2, 0.25) is 0 Å². The molecule has 4 rings (SSSR count). The molecule has 2 aromatic rings. The molecule has 6 nitrogen and oxygen atoms in total. The first-order valence-corrected chi connectivity index (χ1v) is 10.1. The monoisotopic (exact) mass is 395 g/mol. The Morgan fingerprint density at radius 2 is 1.55 bits per heavy atom. The number of rotatable bonds is 5. The molecular formula is C23H25NO5. The molecule has 1 amide bonds. The summed E-state index contributed by atoms with van der Waals surface area (Å²) in [5.41, 5.74) is 2.98. The number of hydrogen-bond donors (Lipinski definition) is 3. The summed E-state index contributed by atoms with van der Waals surface area (Å²) in [6.45, 7) is 0.102. The molecule has 2 aliphatic carbocycles. The van der Waals surface area contributed by atoms with Gasteiger partial charge in [-0.3, -0.25) is 0 Å². The maximum Gasteiger partial charge on any atom is 0.407 e. The third-order valence-corrected chi connectivity index (χ3v) is 6.11. The van der Waals surface area contributed by atoms with Gasteiger partial charge in [-0.1, -0.05) is 67.8 Å². The van der Waals surface area contributed by atoms with E-state index >= 15 is 0 Å². The van der Waals surface area contributed by atoms with Crippen molar-refractivity contribution in [3.8, 4) is 11.1 Å². The molecule has 29 heavy (non-hydrogen) atoms. The molecule has 0 radical (unpaired) electrons. The Kier molecular flexibility index (Phi) is 5.28. The molecule has 0 aromatic heterocycles. The van der Waals surface area contributed by atoms with E-state index in [4.69, 9.17) is 4.74 Å². The molecule has 0 aliphatic heterocycles. The van der Waals surface area contributed by atoms with E-state index < -0.39 is 23.7 Å².